The van der Waals surface area contributed by atoms with Crippen LogP contribution in [0.4, 0.5) is 0 Å². The molecule has 0 radical (unpaired) electrons. The lowest BCUT2D eigenvalue weighted by Crippen LogP contribution is -2.15. The van der Waals surface area contributed by atoms with Crippen LogP contribution in [-0.2, 0) is 10.8 Å². The quantitative estimate of drug-likeness (QED) is 0.147. The molecule has 70 heavy (non-hydrogen) atoms. The number of para-hydroxylation sites is 4. The summed E-state index contributed by atoms with van der Waals surface area (Å²) in [6.45, 7) is 9.59. The van der Waals surface area contributed by atoms with Crippen molar-refractivity contribution >= 4 is 55.8 Å². The molecule has 2 aliphatic carbocycles. The van der Waals surface area contributed by atoms with Gasteiger partial charge in [0.25, 0.3) is 0 Å². The van der Waals surface area contributed by atoms with Gasteiger partial charge in [-0.05, 0) is 157 Å². The Bertz CT molecular complexity index is 4160. The molecule has 0 N–H and O–H groups in total. The van der Waals surface area contributed by atoms with E-state index in [-0.39, 0.29) is 10.8 Å². The minimum atomic E-state index is -0.160. The van der Waals surface area contributed by atoms with Crippen molar-refractivity contribution in [2.24, 2.45) is 0 Å². The predicted octanol–water partition coefficient (Wildman–Crippen LogP) is 18.0. The number of hydrogen-bond acceptors (Lipinski definition) is 0. The van der Waals surface area contributed by atoms with Gasteiger partial charge in [-0.25, -0.2) is 0 Å². The van der Waals surface area contributed by atoms with Crippen LogP contribution in [-0.4, -0.2) is 9.13 Å². The Morgan fingerprint density at radius 2 is 0.629 bits per heavy atom. The normalized spacial score (nSPS) is 14.2. The van der Waals surface area contributed by atoms with Crippen molar-refractivity contribution in [2.75, 3.05) is 0 Å². The molecule has 0 aliphatic heterocycles. The molecular formula is C68H50N2. The van der Waals surface area contributed by atoms with Crippen molar-refractivity contribution in [3.05, 3.63) is 252 Å². The Labute approximate surface area is 409 Å². The predicted molar refractivity (Wildman–Crippen MR) is 296 cm³/mol. The maximum atomic E-state index is 2.47. The van der Waals surface area contributed by atoms with Crippen LogP contribution < -0.4 is 0 Å². The number of fused-ring (bicyclic) bond motifs is 12. The summed E-state index contributed by atoms with van der Waals surface area (Å²) in [6.07, 6.45) is 4.54. The lowest BCUT2D eigenvalue weighted by atomic mass is 9.79. The molecule has 0 spiro atoms. The zero-order valence-electron chi connectivity index (χ0n) is 39.8. The number of benzene rings is 10. The first kappa shape index (κ1) is 40.6. The average molecular weight is 895 g/mol. The first-order valence-electron chi connectivity index (χ1n) is 24.7. The van der Waals surface area contributed by atoms with Gasteiger partial charge in [0.05, 0.1) is 22.1 Å². The van der Waals surface area contributed by atoms with Crippen LogP contribution in [0.3, 0.4) is 0 Å². The summed E-state index contributed by atoms with van der Waals surface area (Å²) in [5.74, 6) is 0. The maximum absolute atomic E-state index is 2.47. The second kappa shape index (κ2) is 15.0. The van der Waals surface area contributed by atoms with Crippen molar-refractivity contribution in [3.63, 3.8) is 0 Å². The minimum absolute atomic E-state index is 0.148. The van der Waals surface area contributed by atoms with Crippen molar-refractivity contribution in [1.82, 2.24) is 9.13 Å². The van der Waals surface area contributed by atoms with E-state index in [0.29, 0.717) is 0 Å². The molecular weight excluding hydrogens is 845 g/mol. The molecule has 0 bridgehead atoms. The highest BCUT2D eigenvalue weighted by Gasteiger charge is 2.38. The lowest BCUT2D eigenvalue weighted by molar-refractivity contribution is 0.659. The standard InChI is InChI=1S/C68H50N2/c1-67(2)59-38-44(24-23-43-26-35-65-57(37-43)55-19-11-13-21-63(55)69(65)49-15-7-5-8-16-49)25-31-51(59)52-33-28-47(41-60(52)67)48-29-34-54-53-32-27-46(40-61(53)68(3,4)62(54)42-48)45-30-36-66-58(39-45)56-20-12-14-22-64(56)70(66)50-17-9-6-10-18-50/h5-42H,1-4H3. The third kappa shape index (κ3) is 5.99. The van der Waals surface area contributed by atoms with E-state index in [0.717, 1.165) is 0 Å². The van der Waals surface area contributed by atoms with E-state index in [4.69, 9.17) is 0 Å². The molecule has 0 atom stereocenters. The van der Waals surface area contributed by atoms with Crippen LogP contribution in [0.5, 0.6) is 0 Å². The summed E-state index contributed by atoms with van der Waals surface area (Å²) in [7, 11) is 0. The van der Waals surface area contributed by atoms with Crippen LogP contribution in [0.25, 0.3) is 112 Å². The van der Waals surface area contributed by atoms with E-state index >= 15 is 0 Å². The van der Waals surface area contributed by atoms with Crippen molar-refractivity contribution in [3.8, 4) is 55.9 Å². The Morgan fingerprint density at radius 1 is 0.286 bits per heavy atom. The molecule has 332 valence electrons. The summed E-state index contributed by atoms with van der Waals surface area (Å²) in [5, 5.41) is 5.08. The van der Waals surface area contributed by atoms with Crippen molar-refractivity contribution < 1.29 is 0 Å². The summed E-state index contributed by atoms with van der Waals surface area (Å²) in [6, 6.07) is 81.3. The van der Waals surface area contributed by atoms with E-state index in [1.165, 1.54) is 133 Å². The average Bonchev–Trinajstić information content (AvgIpc) is 4.06. The Morgan fingerprint density at radius 3 is 1.13 bits per heavy atom. The van der Waals surface area contributed by atoms with E-state index in [2.05, 4.69) is 267 Å². The minimum Gasteiger partial charge on any atom is -0.309 e. The molecule has 2 heterocycles. The monoisotopic (exact) mass is 894 g/mol. The summed E-state index contributed by atoms with van der Waals surface area (Å²) >= 11 is 0. The molecule has 0 saturated carbocycles. The fourth-order valence-corrected chi connectivity index (χ4v) is 12.3. The lowest BCUT2D eigenvalue weighted by Gasteiger charge is -2.24. The van der Waals surface area contributed by atoms with Crippen molar-refractivity contribution in [1.29, 1.82) is 0 Å². The number of aromatic nitrogens is 2. The second-order valence-corrected chi connectivity index (χ2v) is 20.6. The maximum Gasteiger partial charge on any atom is 0.0541 e. The van der Waals surface area contributed by atoms with Gasteiger partial charge in [0.15, 0.2) is 0 Å². The van der Waals surface area contributed by atoms with Crippen LogP contribution >= 0.6 is 0 Å². The molecule has 14 rings (SSSR count). The first-order valence-corrected chi connectivity index (χ1v) is 24.7. The highest BCUT2D eigenvalue weighted by atomic mass is 15.0. The van der Waals surface area contributed by atoms with Gasteiger partial charge in [-0.2, -0.15) is 0 Å². The van der Waals surface area contributed by atoms with Crippen molar-refractivity contribution in [2.45, 2.75) is 38.5 Å². The van der Waals surface area contributed by atoms with Gasteiger partial charge in [0.2, 0.25) is 0 Å². The zero-order chi connectivity index (χ0) is 46.9. The fraction of sp³-hybridized carbons (Fsp3) is 0.0882. The van der Waals surface area contributed by atoms with E-state index in [9.17, 15) is 0 Å². The summed E-state index contributed by atoms with van der Waals surface area (Å²) < 4.78 is 4.76. The topological polar surface area (TPSA) is 9.86 Å². The molecule has 2 nitrogen and oxygen atoms in total. The third-order valence-electron chi connectivity index (χ3n) is 15.9. The molecule has 0 unspecified atom stereocenters. The van der Waals surface area contributed by atoms with E-state index < -0.39 is 0 Å². The largest absolute Gasteiger partial charge is 0.309 e. The summed E-state index contributed by atoms with van der Waals surface area (Å²) in [4.78, 5) is 0. The Balaban J connectivity index is 0.756. The Hall–Kier alpha value is -8.46. The molecule has 2 aromatic heterocycles. The SMILES string of the molecule is CC1(C)c2cc(C=Cc3ccc4c(c3)c3ccccc3n4-c3ccccc3)ccc2-c2ccc(-c3ccc4c(c3)C(C)(C)c3cc(-c5ccc6c(c5)c5ccccc5n6-c5ccccc5)ccc3-4)cc21. The number of hydrogen-bond donors (Lipinski definition) is 0. The van der Waals surface area contributed by atoms with Crippen LogP contribution in [0, 0.1) is 0 Å². The number of nitrogens with zero attached hydrogens (tertiary/aromatic N) is 2. The zero-order valence-corrected chi connectivity index (χ0v) is 39.8. The molecule has 0 saturated heterocycles. The van der Waals surface area contributed by atoms with Crippen LogP contribution in [0.2, 0.25) is 0 Å². The summed E-state index contributed by atoms with van der Waals surface area (Å²) in [5.41, 5.74) is 25.3. The van der Waals surface area contributed by atoms with Gasteiger partial charge < -0.3 is 9.13 Å². The van der Waals surface area contributed by atoms with Gasteiger partial charge in [-0.3, -0.25) is 0 Å². The van der Waals surface area contributed by atoms with Gasteiger partial charge in [0, 0.05) is 43.7 Å². The molecule has 12 aromatic rings. The van der Waals surface area contributed by atoms with Gasteiger partial charge in [-0.1, -0.05) is 179 Å². The number of rotatable bonds is 6. The second-order valence-electron chi connectivity index (χ2n) is 20.6. The molecule has 2 heteroatoms. The van der Waals surface area contributed by atoms with Gasteiger partial charge in [0.1, 0.15) is 0 Å². The fourth-order valence-electron chi connectivity index (χ4n) is 12.3. The van der Waals surface area contributed by atoms with Gasteiger partial charge in [-0.15, -0.1) is 0 Å². The Kier molecular flexibility index (Phi) is 8.71. The van der Waals surface area contributed by atoms with Crippen LogP contribution in [0.1, 0.15) is 61.1 Å². The molecule has 10 aromatic carbocycles. The third-order valence-corrected chi connectivity index (χ3v) is 15.9. The molecule has 0 amide bonds. The van der Waals surface area contributed by atoms with E-state index in [1.807, 2.05) is 0 Å². The first-order chi connectivity index (χ1) is 34.2. The smallest absolute Gasteiger partial charge is 0.0541 e. The van der Waals surface area contributed by atoms with Gasteiger partial charge >= 0.3 is 0 Å². The van der Waals surface area contributed by atoms with Crippen LogP contribution in [0.15, 0.2) is 218 Å². The molecule has 2 aliphatic rings. The molecule has 0 fully saturated rings. The van der Waals surface area contributed by atoms with E-state index in [1.54, 1.807) is 0 Å². The highest BCUT2D eigenvalue weighted by Crippen LogP contribution is 2.53. The highest BCUT2D eigenvalue weighted by molar-refractivity contribution is 6.11.